The van der Waals surface area contributed by atoms with Crippen LogP contribution >= 0.6 is 11.3 Å². The third kappa shape index (κ3) is 3.11. The monoisotopic (exact) mass is 299 g/mol. The number of halogens is 2. The Labute approximate surface area is 117 Å². The molecule has 1 aromatic heterocycles. The molecule has 0 unspecified atom stereocenters. The molecule has 0 saturated carbocycles. The minimum atomic E-state index is -1.39. The Morgan fingerprint density at radius 1 is 1.40 bits per heavy atom. The number of thiazole rings is 1. The molecule has 0 fully saturated rings. The Morgan fingerprint density at radius 2 is 2.05 bits per heavy atom. The molecule has 0 aliphatic rings. The van der Waals surface area contributed by atoms with Gasteiger partial charge in [0.05, 0.1) is 23.4 Å². The number of carboxylic acids is 1. The maximum Gasteiger partial charge on any atom is 0.335 e. The summed E-state index contributed by atoms with van der Waals surface area (Å²) in [5.74, 6) is -4.00. The molecule has 2 rings (SSSR count). The summed E-state index contributed by atoms with van der Waals surface area (Å²) in [5.41, 5.74) is 2.10. The number of aromatic nitrogens is 1. The van der Waals surface area contributed by atoms with Crippen molar-refractivity contribution in [3.63, 3.8) is 0 Å². The zero-order valence-corrected chi connectivity index (χ0v) is 11.3. The molecule has 2 aromatic rings. The van der Waals surface area contributed by atoms with E-state index < -0.39 is 28.9 Å². The number of hydrogen-bond donors (Lipinski definition) is 1. The quantitative estimate of drug-likeness (QED) is 0.922. The highest BCUT2D eigenvalue weighted by Crippen LogP contribution is 2.24. The van der Waals surface area contributed by atoms with E-state index in [-0.39, 0.29) is 6.61 Å². The lowest BCUT2D eigenvalue weighted by Crippen LogP contribution is -2.06. The molecule has 1 aromatic carbocycles. The molecule has 1 heterocycles. The van der Waals surface area contributed by atoms with E-state index in [4.69, 9.17) is 9.84 Å². The van der Waals surface area contributed by atoms with Crippen molar-refractivity contribution >= 4 is 17.3 Å². The second-order valence-corrected chi connectivity index (χ2v) is 4.97. The summed E-state index contributed by atoms with van der Waals surface area (Å²) in [7, 11) is 0. The number of rotatable bonds is 5. The summed E-state index contributed by atoms with van der Waals surface area (Å²) in [6.45, 7) is 1.93. The van der Waals surface area contributed by atoms with E-state index >= 15 is 0 Å². The number of aromatic carboxylic acids is 1. The third-order valence-corrected chi connectivity index (χ3v) is 3.66. The van der Waals surface area contributed by atoms with Crippen LogP contribution in [0.5, 0.6) is 5.75 Å². The molecule has 106 valence electrons. The smallest absolute Gasteiger partial charge is 0.335 e. The van der Waals surface area contributed by atoms with Crippen LogP contribution in [0, 0.1) is 18.6 Å². The summed E-state index contributed by atoms with van der Waals surface area (Å²) >= 11 is 1.44. The lowest BCUT2D eigenvalue weighted by molar-refractivity contribution is 0.0695. The molecule has 4 nitrogen and oxygen atoms in total. The minimum absolute atomic E-state index is 0.0866. The Balaban J connectivity index is 2.06. The minimum Gasteiger partial charge on any atom is -0.487 e. The van der Waals surface area contributed by atoms with Gasteiger partial charge in [-0.25, -0.2) is 18.6 Å². The van der Waals surface area contributed by atoms with E-state index in [0.717, 1.165) is 22.7 Å². The third-order valence-electron chi connectivity index (χ3n) is 2.67. The standard InChI is InChI=1S/C13H11F2NO3S/c1-7-11(20-6-16-7)2-3-19-12-9(14)4-8(13(17)18)5-10(12)15/h4-6H,2-3H2,1H3,(H,17,18). The molecule has 0 saturated heterocycles. The van der Waals surface area contributed by atoms with E-state index in [2.05, 4.69) is 4.98 Å². The zero-order valence-electron chi connectivity index (χ0n) is 10.5. The van der Waals surface area contributed by atoms with Crippen molar-refractivity contribution < 1.29 is 23.4 Å². The molecule has 0 radical (unpaired) electrons. The number of benzene rings is 1. The van der Waals surface area contributed by atoms with Gasteiger partial charge in [-0.3, -0.25) is 0 Å². The van der Waals surface area contributed by atoms with Crippen molar-refractivity contribution in [1.82, 2.24) is 4.98 Å². The highest BCUT2D eigenvalue weighted by atomic mass is 32.1. The van der Waals surface area contributed by atoms with Crippen LogP contribution in [-0.4, -0.2) is 22.7 Å². The van der Waals surface area contributed by atoms with Crippen LogP contribution in [0.15, 0.2) is 17.6 Å². The molecular formula is C13H11F2NO3S. The lowest BCUT2D eigenvalue weighted by atomic mass is 10.2. The maximum atomic E-state index is 13.6. The fourth-order valence-electron chi connectivity index (χ4n) is 1.63. The number of carbonyl (C=O) groups is 1. The number of aryl methyl sites for hydroxylation is 1. The largest absolute Gasteiger partial charge is 0.487 e. The van der Waals surface area contributed by atoms with Crippen molar-refractivity contribution in [3.05, 3.63) is 45.4 Å². The Bertz CT molecular complexity index is 619. The average molecular weight is 299 g/mol. The van der Waals surface area contributed by atoms with E-state index in [1.54, 1.807) is 5.51 Å². The highest BCUT2D eigenvalue weighted by molar-refractivity contribution is 7.09. The van der Waals surface area contributed by atoms with Crippen molar-refractivity contribution in [2.24, 2.45) is 0 Å². The van der Waals surface area contributed by atoms with Gasteiger partial charge in [0.1, 0.15) is 0 Å². The van der Waals surface area contributed by atoms with Crippen molar-refractivity contribution in [3.8, 4) is 5.75 Å². The van der Waals surface area contributed by atoms with Crippen molar-refractivity contribution in [2.45, 2.75) is 13.3 Å². The second-order valence-electron chi connectivity index (χ2n) is 4.03. The van der Waals surface area contributed by atoms with Gasteiger partial charge in [-0.05, 0) is 19.1 Å². The fraction of sp³-hybridized carbons (Fsp3) is 0.231. The first-order valence-corrected chi connectivity index (χ1v) is 6.61. The van der Waals surface area contributed by atoms with Crippen LogP contribution in [0.4, 0.5) is 8.78 Å². The van der Waals surface area contributed by atoms with E-state index in [9.17, 15) is 13.6 Å². The topological polar surface area (TPSA) is 59.4 Å². The second kappa shape index (κ2) is 5.96. The summed E-state index contributed by atoms with van der Waals surface area (Å²) in [6, 6.07) is 1.47. The molecule has 0 atom stereocenters. The molecule has 0 aliphatic heterocycles. The van der Waals surface area contributed by atoms with Gasteiger partial charge in [-0.15, -0.1) is 11.3 Å². The van der Waals surface area contributed by atoms with Gasteiger partial charge in [-0.2, -0.15) is 0 Å². The molecule has 0 amide bonds. The van der Waals surface area contributed by atoms with Crippen LogP contribution in [0.2, 0.25) is 0 Å². The normalized spacial score (nSPS) is 10.6. The van der Waals surface area contributed by atoms with Crippen LogP contribution in [0.3, 0.4) is 0 Å². The molecule has 20 heavy (non-hydrogen) atoms. The van der Waals surface area contributed by atoms with Gasteiger partial charge in [0.25, 0.3) is 0 Å². The lowest BCUT2D eigenvalue weighted by Gasteiger charge is -2.08. The van der Waals surface area contributed by atoms with Gasteiger partial charge >= 0.3 is 5.97 Å². The number of nitrogens with zero attached hydrogens (tertiary/aromatic N) is 1. The first-order chi connectivity index (χ1) is 9.49. The van der Waals surface area contributed by atoms with Crippen LogP contribution in [0.25, 0.3) is 0 Å². The number of carboxylic acid groups (broad SMARTS) is 1. The van der Waals surface area contributed by atoms with E-state index in [1.165, 1.54) is 11.3 Å². The van der Waals surface area contributed by atoms with Gasteiger partial charge in [0.15, 0.2) is 17.4 Å². The Kier molecular flexibility index (Phi) is 4.29. The summed E-state index contributed by atoms with van der Waals surface area (Å²) in [4.78, 5) is 15.7. The Morgan fingerprint density at radius 3 is 2.55 bits per heavy atom. The fourth-order valence-corrected chi connectivity index (χ4v) is 2.40. The van der Waals surface area contributed by atoms with Crippen molar-refractivity contribution in [2.75, 3.05) is 6.61 Å². The van der Waals surface area contributed by atoms with Crippen LogP contribution in [0.1, 0.15) is 20.9 Å². The predicted molar refractivity (Wildman–Crippen MR) is 69.4 cm³/mol. The maximum absolute atomic E-state index is 13.6. The average Bonchev–Trinajstić information content (AvgIpc) is 2.78. The number of hydrogen-bond acceptors (Lipinski definition) is 4. The van der Waals surface area contributed by atoms with Gasteiger partial charge in [-0.1, -0.05) is 0 Å². The summed E-state index contributed by atoms with van der Waals surface area (Å²) in [5, 5.41) is 8.68. The number of ether oxygens (including phenoxy) is 1. The Hall–Kier alpha value is -2.02. The zero-order chi connectivity index (χ0) is 14.7. The molecular weight excluding hydrogens is 288 g/mol. The van der Waals surface area contributed by atoms with Gasteiger partial charge < -0.3 is 9.84 Å². The first-order valence-electron chi connectivity index (χ1n) is 5.73. The molecule has 0 bridgehead atoms. The summed E-state index contributed by atoms with van der Waals surface area (Å²) < 4.78 is 32.2. The van der Waals surface area contributed by atoms with Gasteiger partial charge in [0.2, 0.25) is 0 Å². The van der Waals surface area contributed by atoms with E-state index in [0.29, 0.717) is 6.42 Å². The van der Waals surface area contributed by atoms with Crippen molar-refractivity contribution in [1.29, 1.82) is 0 Å². The first kappa shape index (κ1) is 14.4. The van der Waals surface area contributed by atoms with Gasteiger partial charge in [0, 0.05) is 11.3 Å². The predicted octanol–water partition coefficient (Wildman–Crippen LogP) is 3.05. The van der Waals surface area contributed by atoms with Crippen LogP contribution in [-0.2, 0) is 6.42 Å². The SMILES string of the molecule is Cc1ncsc1CCOc1c(F)cc(C(=O)O)cc1F. The highest BCUT2D eigenvalue weighted by Gasteiger charge is 2.16. The van der Waals surface area contributed by atoms with E-state index in [1.807, 2.05) is 6.92 Å². The summed E-state index contributed by atoms with van der Waals surface area (Å²) in [6.07, 6.45) is 0.482. The van der Waals surface area contributed by atoms with Crippen LogP contribution < -0.4 is 4.74 Å². The molecule has 1 N–H and O–H groups in total. The molecule has 7 heteroatoms. The molecule has 0 spiro atoms. The molecule has 0 aliphatic carbocycles.